The first-order valence-corrected chi connectivity index (χ1v) is 7.95. The first kappa shape index (κ1) is 18.3. The number of rotatable bonds is 8. The molecule has 0 aromatic heterocycles. The number of benzene rings is 2. The molecule has 2 amide bonds. The fourth-order valence-electron chi connectivity index (χ4n) is 2.29. The van der Waals surface area contributed by atoms with Gasteiger partial charge < -0.3 is 20.1 Å². The average Bonchev–Trinajstić information content (AvgIpc) is 2.65. The van der Waals surface area contributed by atoms with E-state index >= 15 is 0 Å². The van der Waals surface area contributed by atoms with Crippen LogP contribution in [-0.2, 0) is 16.0 Å². The maximum Gasteiger partial charge on any atom is 0.243 e. The second kappa shape index (κ2) is 9.32. The standard InChI is InChI=1S/C19H22N2O4/c1-24-16-10-8-14(12-17(16)25-2)9-11-18(22)20-13-19(23)21-15-6-4-3-5-7-15/h3-8,10,12H,9,11,13H2,1-2H3,(H,20,22)(H,21,23). The van der Waals surface area contributed by atoms with Crippen molar-refractivity contribution in [2.75, 3.05) is 26.1 Å². The Kier molecular flexibility index (Phi) is 6.83. The smallest absolute Gasteiger partial charge is 0.243 e. The lowest BCUT2D eigenvalue weighted by atomic mass is 10.1. The highest BCUT2D eigenvalue weighted by Crippen LogP contribution is 2.27. The third-order valence-electron chi connectivity index (χ3n) is 3.59. The molecule has 25 heavy (non-hydrogen) atoms. The molecule has 0 bridgehead atoms. The molecule has 6 nitrogen and oxygen atoms in total. The SMILES string of the molecule is COc1ccc(CCC(=O)NCC(=O)Nc2ccccc2)cc1OC. The van der Waals surface area contributed by atoms with Gasteiger partial charge in [0.1, 0.15) is 0 Å². The van der Waals surface area contributed by atoms with Gasteiger partial charge in [0.15, 0.2) is 11.5 Å². The third-order valence-corrected chi connectivity index (χ3v) is 3.59. The summed E-state index contributed by atoms with van der Waals surface area (Å²) in [4.78, 5) is 23.7. The number of methoxy groups -OCH3 is 2. The van der Waals surface area contributed by atoms with Gasteiger partial charge in [0.25, 0.3) is 0 Å². The van der Waals surface area contributed by atoms with Crippen LogP contribution in [0.1, 0.15) is 12.0 Å². The van der Waals surface area contributed by atoms with Gasteiger partial charge in [-0.15, -0.1) is 0 Å². The summed E-state index contributed by atoms with van der Waals surface area (Å²) in [5.41, 5.74) is 1.66. The van der Waals surface area contributed by atoms with Crippen LogP contribution in [-0.4, -0.2) is 32.6 Å². The number of anilines is 1. The number of carbonyl (C=O) groups is 2. The summed E-state index contributed by atoms with van der Waals surface area (Å²) >= 11 is 0. The number of nitrogens with one attached hydrogen (secondary N) is 2. The van der Waals surface area contributed by atoms with Crippen molar-refractivity contribution in [3.63, 3.8) is 0 Å². The summed E-state index contributed by atoms with van der Waals surface area (Å²) in [7, 11) is 3.14. The minimum atomic E-state index is -0.259. The fourth-order valence-corrected chi connectivity index (χ4v) is 2.29. The van der Waals surface area contributed by atoms with E-state index in [0.717, 1.165) is 5.56 Å². The van der Waals surface area contributed by atoms with E-state index in [2.05, 4.69) is 10.6 Å². The zero-order chi connectivity index (χ0) is 18.1. The minimum Gasteiger partial charge on any atom is -0.493 e. The van der Waals surface area contributed by atoms with Crippen molar-refractivity contribution in [2.45, 2.75) is 12.8 Å². The van der Waals surface area contributed by atoms with E-state index in [9.17, 15) is 9.59 Å². The second-order valence-corrected chi connectivity index (χ2v) is 5.38. The Labute approximate surface area is 147 Å². The van der Waals surface area contributed by atoms with Crippen LogP contribution in [0.15, 0.2) is 48.5 Å². The highest BCUT2D eigenvalue weighted by atomic mass is 16.5. The summed E-state index contributed by atoms with van der Waals surface area (Å²) in [6, 6.07) is 14.6. The Hall–Kier alpha value is -3.02. The Bertz CT molecular complexity index is 717. The third kappa shape index (κ3) is 5.84. The van der Waals surface area contributed by atoms with Gasteiger partial charge in [-0.25, -0.2) is 0 Å². The summed E-state index contributed by atoms with van der Waals surface area (Å²) in [6.45, 7) is -0.0559. The topological polar surface area (TPSA) is 76.7 Å². The molecule has 0 spiro atoms. The highest BCUT2D eigenvalue weighted by molar-refractivity contribution is 5.94. The summed E-state index contributed by atoms with van der Waals surface area (Å²) in [5, 5.41) is 5.33. The van der Waals surface area contributed by atoms with Gasteiger partial charge in [0, 0.05) is 12.1 Å². The second-order valence-electron chi connectivity index (χ2n) is 5.38. The van der Waals surface area contributed by atoms with Crippen molar-refractivity contribution in [3.8, 4) is 11.5 Å². The van der Waals surface area contributed by atoms with Crippen LogP contribution in [0.4, 0.5) is 5.69 Å². The van der Waals surface area contributed by atoms with E-state index in [1.165, 1.54) is 0 Å². The molecule has 6 heteroatoms. The van der Waals surface area contributed by atoms with E-state index < -0.39 is 0 Å². The van der Waals surface area contributed by atoms with Gasteiger partial charge in [-0.2, -0.15) is 0 Å². The molecule has 0 radical (unpaired) electrons. The predicted molar refractivity (Wildman–Crippen MR) is 95.9 cm³/mol. The number of amides is 2. The monoisotopic (exact) mass is 342 g/mol. The number of hydrogen-bond acceptors (Lipinski definition) is 4. The summed E-state index contributed by atoms with van der Waals surface area (Å²) in [6.07, 6.45) is 0.834. The van der Waals surface area contributed by atoms with Gasteiger partial charge in [0.05, 0.1) is 20.8 Å². The Balaban J connectivity index is 1.76. The van der Waals surface area contributed by atoms with E-state index in [0.29, 0.717) is 23.6 Å². The molecule has 0 unspecified atom stereocenters. The van der Waals surface area contributed by atoms with Crippen molar-refractivity contribution in [1.82, 2.24) is 5.32 Å². The molecular weight excluding hydrogens is 320 g/mol. The largest absolute Gasteiger partial charge is 0.493 e. The van der Waals surface area contributed by atoms with Crippen molar-refractivity contribution >= 4 is 17.5 Å². The summed E-state index contributed by atoms with van der Waals surface area (Å²) < 4.78 is 10.4. The van der Waals surface area contributed by atoms with Crippen LogP contribution in [0.25, 0.3) is 0 Å². The lowest BCUT2D eigenvalue weighted by Crippen LogP contribution is -2.32. The molecule has 2 rings (SSSR count). The van der Waals surface area contributed by atoms with E-state index in [1.807, 2.05) is 30.3 Å². The van der Waals surface area contributed by atoms with Crippen molar-refractivity contribution in [1.29, 1.82) is 0 Å². The zero-order valence-electron chi connectivity index (χ0n) is 14.4. The Morgan fingerprint density at radius 3 is 2.32 bits per heavy atom. The number of aryl methyl sites for hydroxylation is 1. The van der Waals surface area contributed by atoms with Crippen LogP contribution in [0.5, 0.6) is 11.5 Å². The molecule has 132 valence electrons. The van der Waals surface area contributed by atoms with E-state index in [4.69, 9.17) is 9.47 Å². The first-order valence-electron chi connectivity index (χ1n) is 7.95. The molecule has 0 atom stereocenters. The number of hydrogen-bond donors (Lipinski definition) is 2. The predicted octanol–water partition coefficient (Wildman–Crippen LogP) is 2.39. The molecule has 0 saturated carbocycles. The molecule has 0 heterocycles. The molecule has 0 aliphatic carbocycles. The number of ether oxygens (including phenoxy) is 2. The lowest BCUT2D eigenvalue weighted by Gasteiger charge is -2.10. The fraction of sp³-hybridized carbons (Fsp3) is 0.263. The summed E-state index contributed by atoms with van der Waals surface area (Å²) in [5.74, 6) is 0.833. The van der Waals surface area contributed by atoms with Gasteiger partial charge in [-0.05, 0) is 36.2 Å². The molecular formula is C19H22N2O4. The number of carbonyl (C=O) groups excluding carboxylic acids is 2. The molecule has 0 aliphatic rings. The van der Waals surface area contributed by atoms with Crippen LogP contribution >= 0.6 is 0 Å². The van der Waals surface area contributed by atoms with Gasteiger partial charge >= 0.3 is 0 Å². The minimum absolute atomic E-state index is 0.0559. The Morgan fingerprint density at radius 1 is 0.920 bits per heavy atom. The quantitative estimate of drug-likeness (QED) is 0.772. The van der Waals surface area contributed by atoms with Crippen molar-refractivity contribution in [2.24, 2.45) is 0 Å². The van der Waals surface area contributed by atoms with Crippen LogP contribution < -0.4 is 20.1 Å². The van der Waals surface area contributed by atoms with Gasteiger partial charge in [-0.1, -0.05) is 24.3 Å². The molecule has 2 aromatic carbocycles. The molecule has 0 saturated heterocycles. The van der Waals surface area contributed by atoms with Crippen molar-refractivity contribution < 1.29 is 19.1 Å². The molecule has 0 aliphatic heterocycles. The van der Waals surface area contributed by atoms with Crippen molar-refractivity contribution in [3.05, 3.63) is 54.1 Å². The molecule has 2 aromatic rings. The van der Waals surface area contributed by atoms with Crippen LogP contribution in [0.3, 0.4) is 0 Å². The maximum atomic E-state index is 11.9. The van der Waals surface area contributed by atoms with Gasteiger partial charge in [0.2, 0.25) is 11.8 Å². The highest BCUT2D eigenvalue weighted by Gasteiger charge is 2.08. The maximum absolute atomic E-state index is 11.9. The van der Waals surface area contributed by atoms with Crippen LogP contribution in [0, 0.1) is 0 Å². The molecule has 0 fully saturated rings. The van der Waals surface area contributed by atoms with Crippen LogP contribution in [0.2, 0.25) is 0 Å². The van der Waals surface area contributed by atoms with E-state index in [-0.39, 0.29) is 24.8 Å². The average molecular weight is 342 g/mol. The zero-order valence-corrected chi connectivity index (χ0v) is 14.4. The van der Waals surface area contributed by atoms with Gasteiger partial charge in [-0.3, -0.25) is 9.59 Å². The molecule has 2 N–H and O–H groups in total. The normalized spacial score (nSPS) is 10.0. The first-order chi connectivity index (χ1) is 12.1. The lowest BCUT2D eigenvalue weighted by molar-refractivity contribution is -0.124. The Morgan fingerprint density at radius 2 is 1.64 bits per heavy atom. The number of para-hydroxylation sites is 1. The van der Waals surface area contributed by atoms with E-state index in [1.54, 1.807) is 32.4 Å².